The molecule has 0 aliphatic rings. The summed E-state index contributed by atoms with van der Waals surface area (Å²) in [6.45, 7) is 6.54. The molecule has 2 aromatic carbocycles. The Labute approximate surface area is 194 Å². The Morgan fingerprint density at radius 2 is 1.61 bits per heavy atom. The third-order valence-electron chi connectivity index (χ3n) is 5.53. The van der Waals surface area contributed by atoms with E-state index in [2.05, 4.69) is 5.32 Å². The van der Waals surface area contributed by atoms with Gasteiger partial charge in [0.2, 0.25) is 10.0 Å². The molecular formula is C25H29N3O4S. The molecule has 0 saturated carbocycles. The summed E-state index contributed by atoms with van der Waals surface area (Å²) in [5.74, 6) is -0.477. The van der Waals surface area contributed by atoms with Gasteiger partial charge >= 0.3 is 0 Å². The number of hydrogen-bond acceptors (Lipinski definition) is 4. The van der Waals surface area contributed by atoms with Crippen LogP contribution in [-0.4, -0.2) is 36.3 Å². The number of rotatable bonds is 9. The van der Waals surface area contributed by atoms with E-state index in [1.54, 1.807) is 57.3 Å². The Morgan fingerprint density at radius 3 is 2.21 bits per heavy atom. The fourth-order valence-corrected chi connectivity index (χ4v) is 5.07. The highest BCUT2D eigenvalue weighted by molar-refractivity contribution is 7.89. The summed E-state index contributed by atoms with van der Waals surface area (Å²) in [6, 6.07) is 18.8. The first kappa shape index (κ1) is 24.4. The van der Waals surface area contributed by atoms with Gasteiger partial charge in [0, 0.05) is 19.3 Å². The van der Waals surface area contributed by atoms with Crippen LogP contribution in [0.5, 0.6) is 0 Å². The van der Waals surface area contributed by atoms with Gasteiger partial charge in [0.05, 0.1) is 17.5 Å². The van der Waals surface area contributed by atoms with E-state index in [1.165, 1.54) is 14.9 Å². The Kier molecular flexibility index (Phi) is 7.84. The van der Waals surface area contributed by atoms with Crippen LogP contribution in [0.15, 0.2) is 82.6 Å². The van der Waals surface area contributed by atoms with Gasteiger partial charge in [-0.15, -0.1) is 0 Å². The number of pyridine rings is 1. The summed E-state index contributed by atoms with van der Waals surface area (Å²) in [5.41, 5.74) is 1.39. The monoisotopic (exact) mass is 467 g/mol. The molecule has 3 aromatic rings. The van der Waals surface area contributed by atoms with Crippen molar-refractivity contribution in [2.24, 2.45) is 0 Å². The Hall–Kier alpha value is -3.23. The predicted molar refractivity (Wildman–Crippen MR) is 129 cm³/mol. The molecule has 0 bridgehead atoms. The van der Waals surface area contributed by atoms with Crippen molar-refractivity contribution in [2.45, 2.75) is 38.3 Å². The quantitative estimate of drug-likeness (QED) is 0.522. The van der Waals surface area contributed by atoms with E-state index >= 15 is 0 Å². The fraction of sp³-hybridized carbons (Fsp3) is 0.280. The lowest BCUT2D eigenvalue weighted by Gasteiger charge is -2.19. The van der Waals surface area contributed by atoms with Crippen molar-refractivity contribution < 1.29 is 13.2 Å². The molecule has 0 radical (unpaired) electrons. The molecule has 1 unspecified atom stereocenters. The normalized spacial score (nSPS) is 12.5. The first-order valence-electron chi connectivity index (χ1n) is 10.9. The molecule has 1 heterocycles. The second kappa shape index (κ2) is 10.6. The third kappa shape index (κ3) is 5.58. The molecule has 3 rings (SSSR count). The maximum absolute atomic E-state index is 12.8. The van der Waals surface area contributed by atoms with E-state index in [-0.39, 0.29) is 16.0 Å². The van der Waals surface area contributed by atoms with E-state index in [1.807, 2.05) is 30.3 Å². The Morgan fingerprint density at radius 1 is 0.970 bits per heavy atom. The molecule has 0 aliphatic carbocycles. The summed E-state index contributed by atoms with van der Waals surface area (Å²) in [4.78, 5) is 25.9. The number of amides is 1. The summed E-state index contributed by atoms with van der Waals surface area (Å²) >= 11 is 0. The average Bonchev–Trinajstić information content (AvgIpc) is 2.81. The Bertz CT molecular complexity index is 1250. The number of carbonyl (C=O) groups excluding carboxylic acids is 1. The van der Waals surface area contributed by atoms with Crippen LogP contribution in [0.1, 0.15) is 48.3 Å². The van der Waals surface area contributed by atoms with Crippen LogP contribution in [0, 0.1) is 0 Å². The highest BCUT2D eigenvalue weighted by Gasteiger charge is 2.22. The van der Waals surface area contributed by atoms with E-state index in [4.69, 9.17) is 0 Å². The number of sulfonamides is 1. The number of hydrogen-bond donors (Lipinski definition) is 1. The summed E-state index contributed by atoms with van der Waals surface area (Å²) in [7, 11) is -3.54. The van der Waals surface area contributed by atoms with Crippen LogP contribution in [0.2, 0.25) is 0 Å². The van der Waals surface area contributed by atoms with Gasteiger partial charge < -0.3 is 9.88 Å². The van der Waals surface area contributed by atoms with Gasteiger partial charge in [0.1, 0.15) is 5.56 Å². The second-order valence-electron chi connectivity index (χ2n) is 7.69. The van der Waals surface area contributed by atoms with Crippen LogP contribution < -0.4 is 10.9 Å². The van der Waals surface area contributed by atoms with Gasteiger partial charge in [-0.25, -0.2) is 8.42 Å². The maximum atomic E-state index is 12.8. The van der Waals surface area contributed by atoms with Crippen LogP contribution in [-0.2, 0) is 16.6 Å². The molecule has 1 aromatic heterocycles. The van der Waals surface area contributed by atoms with Crippen molar-refractivity contribution in [3.05, 3.63) is 100.0 Å². The van der Waals surface area contributed by atoms with Gasteiger partial charge in [-0.2, -0.15) is 4.31 Å². The average molecular weight is 468 g/mol. The van der Waals surface area contributed by atoms with Crippen molar-refractivity contribution in [3.63, 3.8) is 0 Å². The summed E-state index contributed by atoms with van der Waals surface area (Å²) in [5, 5.41) is 2.84. The summed E-state index contributed by atoms with van der Waals surface area (Å²) < 4.78 is 28.2. The third-order valence-corrected chi connectivity index (χ3v) is 7.60. The minimum atomic E-state index is -3.54. The lowest BCUT2D eigenvalue weighted by molar-refractivity contribution is 0.0937. The second-order valence-corrected chi connectivity index (χ2v) is 9.63. The van der Waals surface area contributed by atoms with Crippen LogP contribution in [0.3, 0.4) is 0 Å². The number of aromatic nitrogens is 1. The molecule has 0 saturated heterocycles. The van der Waals surface area contributed by atoms with E-state index < -0.39 is 22.0 Å². The lowest BCUT2D eigenvalue weighted by atomic mass is 10.1. The number of benzene rings is 2. The van der Waals surface area contributed by atoms with Gasteiger partial charge in [0.25, 0.3) is 11.5 Å². The molecule has 0 fully saturated rings. The largest absolute Gasteiger partial charge is 0.345 e. The van der Waals surface area contributed by atoms with E-state index in [0.29, 0.717) is 19.6 Å². The minimum Gasteiger partial charge on any atom is -0.345 e. The first-order valence-corrected chi connectivity index (χ1v) is 12.4. The summed E-state index contributed by atoms with van der Waals surface area (Å²) in [6.07, 6.45) is 1.66. The maximum Gasteiger partial charge on any atom is 0.263 e. The lowest BCUT2D eigenvalue weighted by Crippen LogP contribution is -2.34. The Balaban J connectivity index is 1.75. The zero-order valence-corrected chi connectivity index (χ0v) is 19.9. The zero-order valence-electron chi connectivity index (χ0n) is 19.1. The molecule has 8 heteroatoms. The molecule has 1 amide bonds. The van der Waals surface area contributed by atoms with E-state index in [0.717, 1.165) is 11.1 Å². The van der Waals surface area contributed by atoms with E-state index in [9.17, 15) is 18.0 Å². The minimum absolute atomic E-state index is 0.0565. The van der Waals surface area contributed by atoms with Crippen LogP contribution >= 0.6 is 0 Å². The number of nitrogens with one attached hydrogen (secondary N) is 1. The smallest absolute Gasteiger partial charge is 0.263 e. The van der Waals surface area contributed by atoms with Crippen LogP contribution in [0.25, 0.3) is 0 Å². The standard InChI is InChI=1S/C25H29N3O4S/c1-4-28(5-2)33(31,32)22-15-13-21(14-16-22)19(3)26-24(29)23-12-9-17-27(25(23)30)18-20-10-7-6-8-11-20/h6-17,19H,4-5,18H2,1-3H3,(H,26,29). The fourth-order valence-electron chi connectivity index (χ4n) is 3.61. The van der Waals surface area contributed by atoms with Crippen molar-refractivity contribution in [1.82, 2.24) is 14.2 Å². The van der Waals surface area contributed by atoms with Gasteiger partial charge in [-0.1, -0.05) is 56.3 Å². The van der Waals surface area contributed by atoms with Crippen molar-refractivity contribution >= 4 is 15.9 Å². The van der Waals surface area contributed by atoms with Gasteiger partial charge in [-0.3, -0.25) is 9.59 Å². The molecule has 0 aliphatic heterocycles. The SMILES string of the molecule is CCN(CC)S(=O)(=O)c1ccc(C(C)NC(=O)c2cccn(Cc3ccccc3)c2=O)cc1. The number of carbonyl (C=O) groups is 1. The molecule has 1 atom stereocenters. The molecular weight excluding hydrogens is 438 g/mol. The highest BCUT2D eigenvalue weighted by Crippen LogP contribution is 2.19. The molecule has 174 valence electrons. The van der Waals surface area contributed by atoms with Crippen LogP contribution in [0.4, 0.5) is 0 Å². The van der Waals surface area contributed by atoms with Crippen molar-refractivity contribution in [2.75, 3.05) is 13.1 Å². The molecule has 33 heavy (non-hydrogen) atoms. The molecule has 7 nitrogen and oxygen atoms in total. The zero-order chi connectivity index (χ0) is 24.0. The molecule has 0 spiro atoms. The van der Waals surface area contributed by atoms with Gasteiger partial charge in [-0.05, 0) is 42.3 Å². The van der Waals surface area contributed by atoms with Gasteiger partial charge in [0.15, 0.2) is 0 Å². The highest BCUT2D eigenvalue weighted by atomic mass is 32.2. The predicted octanol–water partition coefficient (Wildman–Crippen LogP) is 3.42. The topological polar surface area (TPSA) is 88.5 Å². The first-order chi connectivity index (χ1) is 15.8. The van der Waals surface area contributed by atoms with Crippen molar-refractivity contribution in [3.8, 4) is 0 Å². The molecule has 1 N–H and O–H groups in total. The number of nitrogens with zero attached hydrogens (tertiary/aromatic N) is 2. The van der Waals surface area contributed by atoms with Crippen molar-refractivity contribution in [1.29, 1.82) is 0 Å².